The lowest BCUT2D eigenvalue weighted by molar-refractivity contribution is 0.592. The largest absolute Gasteiger partial charge is 0.330 e. The average Bonchev–Trinajstić information content (AvgIpc) is 2.20. The number of nitrogens with two attached hydrogens (primary N) is 1. The van der Waals surface area contributed by atoms with Crippen LogP contribution in [0, 0.1) is 5.82 Å². The Labute approximate surface area is 99.3 Å². The molecule has 0 aromatic heterocycles. The highest BCUT2D eigenvalue weighted by Gasteiger charge is 2.12. The van der Waals surface area contributed by atoms with Crippen LogP contribution in [0.2, 0.25) is 5.02 Å². The minimum Gasteiger partial charge on any atom is -0.330 e. The molecule has 0 amide bonds. The van der Waals surface area contributed by atoms with E-state index in [0.717, 1.165) is 6.07 Å². The maximum atomic E-state index is 12.8. The van der Waals surface area contributed by atoms with Crippen LogP contribution in [0.15, 0.2) is 18.2 Å². The molecule has 0 radical (unpaired) electrons. The molecule has 0 unspecified atom stereocenters. The van der Waals surface area contributed by atoms with Gasteiger partial charge in [-0.05, 0) is 30.7 Å². The molecule has 1 aromatic carbocycles. The molecule has 0 aliphatic carbocycles. The molecule has 0 spiro atoms. The topological polar surface area (TPSA) is 60.2 Å². The lowest BCUT2D eigenvalue weighted by atomic mass is 10.2. The fraction of sp³-hybridized carbons (Fsp3) is 0.400. The number of hydrogen-bond donors (Lipinski definition) is 1. The van der Waals surface area contributed by atoms with Crippen LogP contribution in [-0.2, 0) is 15.6 Å². The third-order valence-electron chi connectivity index (χ3n) is 2.03. The Morgan fingerprint density at radius 3 is 2.62 bits per heavy atom. The van der Waals surface area contributed by atoms with Crippen molar-refractivity contribution in [3.8, 4) is 0 Å². The summed E-state index contributed by atoms with van der Waals surface area (Å²) < 4.78 is 36.0. The second-order valence-corrected chi connectivity index (χ2v) is 6.07. The number of sulfone groups is 1. The minimum atomic E-state index is -3.19. The summed E-state index contributed by atoms with van der Waals surface area (Å²) in [4.78, 5) is 0. The van der Waals surface area contributed by atoms with E-state index in [0.29, 0.717) is 18.5 Å². The SMILES string of the molecule is NCCCS(=O)(=O)Cc1ccc(F)c(Cl)c1. The van der Waals surface area contributed by atoms with Crippen molar-refractivity contribution in [2.24, 2.45) is 5.73 Å². The molecule has 16 heavy (non-hydrogen) atoms. The molecular weight excluding hydrogens is 253 g/mol. The monoisotopic (exact) mass is 265 g/mol. The van der Waals surface area contributed by atoms with Crippen molar-refractivity contribution in [1.82, 2.24) is 0 Å². The van der Waals surface area contributed by atoms with Crippen LogP contribution in [0.3, 0.4) is 0 Å². The highest BCUT2D eigenvalue weighted by atomic mass is 35.5. The van der Waals surface area contributed by atoms with E-state index in [2.05, 4.69) is 0 Å². The van der Waals surface area contributed by atoms with Crippen molar-refractivity contribution in [1.29, 1.82) is 0 Å². The first-order chi connectivity index (χ1) is 7.44. The van der Waals surface area contributed by atoms with Crippen LogP contribution in [0.25, 0.3) is 0 Å². The third kappa shape index (κ3) is 4.08. The molecule has 90 valence electrons. The normalized spacial score (nSPS) is 11.7. The zero-order valence-electron chi connectivity index (χ0n) is 8.62. The Bertz CT molecular complexity index is 462. The van der Waals surface area contributed by atoms with Crippen molar-refractivity contribution in [2.75, 3.05) is 12.3 Å². The van der Waals surface area contributed by atoms with Crippen molar-refractivity contribution in [2.45, 2.75) is 12.2 Å². The summed E-state index contributed by atoms with van der Waals surface area (Å²) in [5, 5.41) is -0.0634. The van der Waals surface area contributed by atoms with Gasteiger partial charge in [0.15, 0.2) is 9.84 Å². The quantitative estimate of drug-likeness (QED) is 0.882. The molecule has 0 bridgehead atoms. The summed E-state index contributed by atoms with van der Waals surface area (Å²) in [6.07, 6.45) is 0.428. The van der Waals surface area contributed by atoms with E-state index >= 15 is 0 Å². The van der Waals surface area contributed by atoms with Crippen molar-refractivity contribution in [3.63, 3.8) is 0 Å². The van der Waals surface area contributed by atoms with Gasteiger partial charge < -0.3 is 5.73 Å². The van der Waals surface area contributed by atoms with E-state index in [1.165, 1.54) is 12.1 Å². The number of benzene rings is 1. The zero-order chi connectivity index (χ0) is 12.2. The molecule has 0 aliphatic heterocycles. The maximum Gasteiger partial charge on any atom is 0.154 e. The molecule has 0 aliphatic rings. The molecule has 0 fully saturated rings. The lowest BCUT2D eigenvalue weighted by Crippen LogP contribution is -2.13. The van der Waals surface area contributed by atoms with Crippen LogP contribution in [0.5, 0.6) is 0 Å². The number of hydrogen-bond acceptors (Lipinski definition) is 3. The first-order valence-electron chi connectivity index (χ1n) is 4.79. The first-order valence-corrected chi connectivity index (χ1v) is 6.99. The smallest absolute Gasteiger partial charge is 0.154 e. The maximum absolute atomic E-state index is 12.8. The van der Waals surface area contributed by atoms with Gasteiger partial charge in [0, 0.05) is 0 Å². The average molecular weight is 266 g/mol. The molecule has 3 nitrogen and oxygen atoms in total. The van der Waals surface area contributed by atoms with Crippen molar-refractivity contribution < 1.29 is 12.8 Å². The molecular formula is C10H13ClFNO2S. The highest BCUT2D eigenvalue weighted by molar-refractivity contribution is 7.90. The standard InChI is InChI=1S/C10H13ClFNO2S/c11-9-6-8(2-3-10(9)12)7-16(14,15)5-1-4-13/h2-3,6H,1,4-5,7,13H2. The van der Waals surface area contributed by atoms with Gasteiger partial charge in [0.05, 0.1) is 16.5 Å². The summed E-state index contributed by atoms with van der Waals surface area (Å²) in [6.45, 7) is 0.337. The van der Waals surface area contributed by atoms with Gasteiger partial charge in [0.25, 0.3) is 0 Å². The number of rotatable bonds is 5. The van der Waals surface area contributed by atoms with E-state index in [9.17, 15) is 12.8 Å². The van der Waals surface area contributed by atoms with E-state index in [1.54, 1.807) is 0 Å². The molecule has 0 saturated heterocycles. The van der Waals surface area contributed by atoms with Crippen molar-refractivity contribution in [3.05, 3.63) is 34.6 Å². The van der Waals surface area contributed by atoms with E-state index < -0.39 is 15.7 Å². The molecule has 0 heterocycles. The van der Waals surface area contributed by atoms with Crippen LogP contribution >= 0.6 is 11.6 Å². The van der Waals surface area contributed by atoms with Gasteiger partial charge in [0.2, 0.25) is 0 Å². The van der Waals surface area contributed by atoms with Crippen LogP contribution in [0.1, 0.15) is 12.0 Å². The minimum absolute atomic E-state index is 0.0402. The van der Waals surface area contributed by atoms with Crippen LogP contribution < -0.4 is 5.73 Å². The Balaban J connectivity index is 2.76. The molecule has 1 rings (SSSR count). The number of halogens is 2. The predicted octanol–water partition coefficient (Wildman–Crippen LogP) is 1.74. The summed E-state index contributed by atoms with van der Waals surface area (Å²) in [6, 6.07) is 3.91. The predicted molar refractivity (Wildman–Crippen MR) is 62.6 cm³/mol. The van der Waals surface area contributed by atoms with Gasteiger partial charge in [-0.2, -0.15) is 0 Å². The highest BCUT2D eigenvalue weighted by Crippen LogP contribution is 2.17. The van der Waals surface area contributed by atoms with Gasteiger partial charge in [-0.25, -0.2) is 12.8 Å². The summed E-state index contributed by atoms with van der Waals surface area (Å²) in [5.74, 6) is -0.643. The fourth-order valence-corrected chi connectivity index (χ4v) is 2.90. The van der Waals surface area contributed by atoms with Gasteiger partial charge in [-0.3, -0.25) is 0 Å². The Morgan fingerprint density at radius 2 is 2.06 bits per heavy atom. The Hall–Kier alpha value is -0.650. The zero-order valence-corrected chi connectivity index (χ0v) is 10.2. The van der Waals surface area contributed by atoms with Gasteiger partial charge in [0.1, 0.15) is 5.82 Å². The van der Waals surface area contributed by atoms with Gasteiger partial charge in [-0.1, -0.05) is 17.7 Å². The summed E-state index contributed by atoms with van der Waals surface area (Å²) in [5.41, 5.74) is 5.73. The molecule has 1 aromatic rings. The van der Waals surface area contributed by atoms with Crippen molar-refractivity contribution >= 4 is 21.4 Å². The van der Waals surface area contributed by atoms with Gasteiger partial charge >= 0.3 is 0 Å². The Morgan fingerprint density at radius 1 is 1.38 bits per heavy atom. The van der Waals surface area contributed by atoms with E-state index in [4.69, 9.17) is 17.3 Å². The van der Waals surface area contributed by atoms with E-state index in [1.807, 2.05) is 0 Å². The van der Waals surface area contributed by atoms with Gasteiger partial charge in [-0.15, -0.1) is 0 Å². The van der Waals surface area contributed by atoms with Crippen LogP contribution in [0.4, 0.5) is 4.39 Å². The molecule has 0 saturated carbocycles. The van der Waals surface area contributed by atoms with Crippen LogP contribution in [-0.4, -0.2) is 20.7 Å². The summed E-state index contributed by atoms with van der Waals surface area (Å²) >= 11 is 5.56. The second-order valence-electron chi connectivity index (χ2n) is 3.48. The third-order valence-corrected chi connectivity index (χ3v) is 4.00. The van der Waals surface area contributed by atoms with E-state index in [-0.39, 0.29) is 16.5 Å². The summed E-state index contributed by atoms with van der Waals surface area (Å²) in [7, 11) is -3.19. The second kappa shape index (κ2) is 5.61. The Kier molecular flexibility index (Phi) is 4.70. The molecule has 2 N–H and O–H groups in total. The fourth-order valence-electron chi connectivity index (χ4n) is 1.26. The lowest BCUT2D eigenvalue weighted by Gasteiger charge is -2.04. The first kappa shape index (κ1) is 13.4. The molecule has 6 heteroatoms. The molecule has 0 atom stereocenters.